The molecule has 1 heterocycles. The van der Waals surface area contributed by atoms with E-state index in [0.29, 0.717) is 5.56 Å². The van der Waals surface area contributed by atoms with Crippen molar-refractivity contribution in [2.24, 2.45) is 9.98 Å². The molecule has 1 N–H and O–H groups in total. The van der Waals surface area contributed by atoms with Gasteiger partial charge in [-0.15, -0.1) is 0 Å². The van der Waals surface area contributed by atoms with Crippen molar-refractivity contribution in [1.29, 1.82) is 0 Å². The van der Waals surface area contributed by atoms with Crippen LogP contribution in [0.25, 0.3) is 0 Å². The lowest BCUT2D eigenvalue weighted by Crippen LogP contribution is -2.41. The van der Waals surface area contributed by atoms with Crippen LogP contribution >= 0.6 is 0 Å². The van der Waals surface area contributed by atoms with E-state index < -0.39 is 18.3 Å². The summed E-state index contributed by atoms with van der Waals surface area (Å²) in [6, 6.07) is 7.14. The SMILES string of the molecule is CC=NC(=NC)NC(=O)c1ccc(B2OC(C)(C)C(C)(C)O2)cc1. The maximum atomic E-state index is 12.2. The largest absolute Gasteiger partial charge is 0.494 e. The Balaban J connectivity index is 2.10. The van der Waals surface area contributed by atoms with Gasteiger partial charge in [0.2, 0.25) is 5.96 Å². The lowest BCUT2D eigenvalue weighted by Gasteiger charge is -2.32. The Kier molecular flexibility index (Phi) is 5.25. The molecular weight excluding hydrogens is 305 g/mol. The number of guanidine groups is 1. The fraction of sp³-hybridized carbons (Fsp3) is 0.471. The minimum Gasteiger partial charge on any atom is -0.399 e. The first-order valence-electron chi connectivity index (χ1n) is 7.92. The highest BCUT2D eigenvalue weighted by Crippen LogP contribution is 2.36. The molecule has 1 amide bonds. The summed E-state index contributed by atoms with van der Waals surface area (Å²) >= 11 is 0. The summed E-state index contributed by atoms with van der Waals surface area (Å²) in [4.78, 5) is 20.1. The molecule has 7 heteroatoms. The quantitative estimate of drug-likeness (QED) is 0.511. The van der Waals surface area contributed by atoms with Crippen LogP contribution in [0.2, 0.25) is 0 Å². The molecule has 1 fully saturated rings. The average molecular weight is 329 g/mol. The number of carbonyl (C=O) groups is 1. The summed E-state index contributed by atoms with van der Waals surface area (Å²) < 4.78 is 12.0. The second kappa shape index (κ2) is 6.87. The van der Waals surface area contributed by atoms with E-state index in [9.17, 15) is 4.79 Å². The molecule has 0 spiro atoms. The average Bonchev–Trinajstić information content (AvgIpc) is 2.75. The van der Waals surface area contributed by atoms with E-state index >= 15 is 0 Å². The van der Waals surface area contributed by atoms with Crippen LogP contribution in [0, 0.1) is 0 Å². The topological polar surface area (TPSA) is 72.3 Å². The highest BCUT2D eigenvalue weighted by Gasteiger charge is 2.51. The van der Waals surface area contributed by atoms with Gasteiger partial charge in [-0.3, -0.25) is 15.1 Å². The first kappa shape index (κ1) is 18.4. The molecule has 1 aliphatic heterocycles. The van der Waals surface area contributed by atoms with E-state index in [-0.39, 0.29) is 11.9 Å². The third kappa shape index (κ3) is 3.74. The number of carbonyl (C=O) groups excluding carboxylic acids is 1. The van der Waals surface area contributed by atoms with Gasteiger partial charge in [-0.2, -0.15) is 0 Å². The van der Waals surface area contributed by atoms with Gasteiger partial charge >= 0.3 is 7.12 Å². The van der Waals surface area contributed by atoms with Gasteiger partial charge in [0.25, 0.3) is 5.91 Å². The number of hydrogen-bond donors (Lipinski definition) is 1. The van der Waals surface area contributed by atoms with E-state index in [4.69, 9.17) is 9.31 Å². The molecule has 0 saturated carbocycles. The fourth-order valence-electron chi connectivity index (χ4n) is 2.21. The van der Waals surface area contributed by atoms with Gasteiger partial charge in [0, 0.05) is 18.8 Å². The fourth-order valence-corrected chi connectivity index (χ4v) is 2.21. The molecule has 1 aromatic rings. The molecule has 0 atom stereocenters. The Bertz CT molecular complexity index is 650. The number of rotatable bonds is 2. The summed E-state index contributed by atoms with van der Waals surface area (Å²) in [6.07, 6.45) is 1.57. The second-order valence-corrected chi connectivity index (χ2v) is 6.60. The van der Waals surface area contributed by atoms with Crippen molar-refractivity contribution < 1.29 is 14.1 Å². The maximum absolute atomic E-state index is 12.2. The van der Waals surface area contributed by atoms with E-state index in [0.717, 1.165) is 5.46 Å². The number of hydrogen-bond acceptors (Lipinski definition) is 4. The Morgan fingerprint density at radius 2 is 1.67 bits per heavy atom. The predicted molar refractivity (Wildman–Crippen MR) is 97.1 cm³/mol. The maximum Gasteiger partial charge on any atom is 0.494 e. The number of amides is 1. The third-order valence-electron chi connectivity index (χ3n) is 4.39. The van der Waals surface area contributed by atoms with Crippen molar-refractivity contribution in [2.45, 2.75) is 45.8 Å². The van der Waals surface area contributed by atoms with E-state index in [1.165, 1.54) is 0 Å². The molecule has 1 aromatic carbocycles. The van der Waals surface area contributed by atoms with Crippen molar-refractivity contribution in [3.63, 3.8) is 0 Å². The molecule has 0 unspecified atom stereocenters. The molecule has 0 aliphatic carbocycles. The second-order valence-electron chi connectivity index (χ2n) is 6.60. The lowest BCUT2D eigenvalue weighted by molar-refractivity contribution is 0.00578. The van der Waals surface area contributed by atoms with Gasteiger partial charge in [0.15, 0.2) is 0 Å². The highest BCUT2D eigenvalue weighted by atomic mass is 16.7. The van der Waals surface area contributed by atoms with Crippen LogP contribution in [-0.2, 0) is 9.31 Å². The highest BCUT2D eigenvalue weighted by molar-refractivity contribution is 6.62. The molecule has 0 aromatic heterocycles. The number of nitrogens with one attached hydrogen (secondary N) is 1. The van der Waals surface area contributed by atoms with Gasteiger partial charge in [-0.1, -0.05) is 12.1 Å². The third-order valence-corrected chi connectivity index (χ3v) is 4.39. The van der Waals surface area contributed by atoms with Gasteiger partial charge < -0.3 is 9.31 Å². The molecule has 1 aliphatic rings. The molecule has 128 valence electrons. The smallest absolute Gasteiger partial charge is 0.399 e. The van der Waals surface area contributed by atoms with Crippen LogP contribution in [0.4, 0.5) is 0 Å². The zero-order valence-corrected chi connectivity index (χ0v) is 15.1. The van der Waals surface area contributed by atoms with Crippen LogP contribution in [-0.4, -0.2) is 43.4 Å². The normalized spacial score (nSPS) is 19.8. The molecule has 0 radical (unpaired) electrons. The molecule has 6 nitrogen and oxygen atoms in total. The minimum atomic E-state index is -0.440. The Hall–Kier alpha value is -1.99. The summed E-state index contributed by atoms with van der Waals surface area (Å²) in [5.41, 5.74) is 0.611. The molecule has 24 heavy (non-hydrogen) atoms. The Morgan fingerprint density at radius 3 is 2.12 bits per heavy atom. The summed E-state index contributed by atoms with van der Waals surface area (Å²) in [5, 5.41) is 2.65. The molecule has 1 saturated heterocycles. The van der Waals surface area contributed by atoms with Crippen LogP contribution in [0.5, 0.6) is 0 Å². The first-order valence-corrected chi connectivity index (χ1v) is 7.92. The van der Waals surface area contributed by atoms with E-state index in [1.54, 1.807) is 32.3 Å². The molecular formula is C17H24BN3O3. The van der Waals surface area contributed by atoms with Gasteiger partial charge in [0.1, 0.15) is 0 Å². The van der Waals surface area contributed by atoms with Crippen molar-refractivity contribution in [2.75, 3.05) is 7.05 Å². The summed E-state index contributed by atoms with van der Waals surface area (Å²) in [5.74, 6) is 0.0132. The van der Waals surface area contributed by atoms with Gasteiger partial charge in [-0.25, -0.2) is 4.99 Å². The summed E-state index contributed by atoms with van der Waals surface area (Å²) in [7, 11) is 1.13. The van der Waals surface area contributed by atoms with Crippen LogP contribution in [0.3, 0.4) is 0 Å². The standard InChI is InChI=1S/C17H24BN3O3/c1-7-20-15(19-6)21-14(22)12-8-10-13(11-9-12)18-23-16(2,3)17(4,5)24-18/h7-11H,1-6H3,(H,19,21,22). The first-order chi connectivity index (χ1) is 11.2. The Morgan fingerprint density at radius 1 is 1.12 bits per heavy atom. The molecule has 0 bridgehead atoms. The number of aliphatic imine (C=N–C) groups is 2. The zero-order chi connectivity index (χ0) is 18.0. The van der Waals surface area contributed by atoms with Crippen molar-refractivity contribution >= 4 is 30.7 Å². The zero-order valence-electron chi connectivity index (χ0n) is 15.1. The van der Waals surface area contributed by atoms with Crippen LogP contribution < -0.4 is 10.8 Å². The number of benzene rings is 1. The van der Waals surface area contributed by atoms with E-state index in [1.807, 2.05) is 39.8 Å². The Labute approximate surface area is 143 Å². The van der Waals surface area contributed by atoms with Gasteiger partial charge in [-0.05, 0) is 52.2 Å². The monoisotopic (exact) mass is 329 g/mol. The van der Waals surface area contributed by atoms with Gasteiger partial charge in [0.05, 0.1) is 11.2 Å². The predicted octanol–water partition coefficient (Wildman–Crippen LogP) is 1.79. The van der Waals surface area contributed by atoms with Crippen LogP contribution in [0.1, 0.15) is 45.0 Å². The van der Waals surface area contributed by atoms with Crippen LogP contribution in [0.15, 0.2) is 34.3 Å². The summed E-state index contributed by atoms with van der Waals surface area (Å²) in [6.45, 7) is 9.80. The lowest BCUT2D eigenvalue weighted by atomic mass is 9.79. The van der Waals surface area contributed by atoms with Crippen molar-refractivity contribution in [3.05, 3.63) is 29.8 Å². The molecule has 2 rings (SSSR count). The van der Waals surface area contributed by atoms with Crippen molar-refractivity contribution in [3.8, 4) is 0 Å². The minimum absolute atomic E-state index is 0.262. The van der Waals surface area contributed by atoms with Crippen molar-refractivity contribution in [1.82, 2.24) is 5.32 Å². The number of nitrogens with zero attached hydrogens (tertiary/aromatic N) is 2. The van der Waals surface area contributed by atoms with E-state index in [2.05, 4.69) is 15.3 Å².